The van der Waals surface area contributed by atoms with E-state index in [1.807, 2.05) is 0 Å². The molecule has 2 aromatic carbocycles. The molecule has 0 radical (unpaired) electrons. The summed E-state index contributed by atoms with van der Waals surface area (Å²) >= 11 is 0. The summed E-state index contributed by atoms with van der Waals surface area (Å²) in [5.74, 6) is 0.353. The van der Waals surface area contributed by atoms with Gasteiger partial charge in [0.15, 0.2) is 0 Å². The van der Waals surface area contributed by atoms with Crippen molar-refractivity contribution >= 4 is 11.4 Å². The van der Waals surface area contributed by atoms with Crippen LogP contribution < -0.4 is 5.32 Å². The van der Waals surface area contributed by atoms with E-state index in [1.54, 1.807) is 0 Å². The van der Waals surface area contributed by atoms with Crippen molar-refractivity contribution in [3.63, 3.8) is 0 Å². The lowest BCUT2D eigenvalue weighted by atomic mass is 9.79. The fraction of sp³-hybridized carbons (Fsp3) is 0.478. The second kappa shape index (κ2) is 6.74. The van der Waals surface area contributed by atoms with Crippen molar-refractivity contribution in [1.29, 1.82) is 0 Å². The lowest BCUT2D eigenvalue weighted by Crippen LogP contribution is -2.17. The monoisotopic (exact) mass is 339 g/mol. The second-order valence-corrected chi connectivity index (χ2v) is 9.01. The van der Waals surface area contributed by atoms with Crippen LogP contribution in [-0.4, -0.2) is 5.11 Å². The topological polar surface area (TPSA) is 32.3 Å². The first-order valence-electron chi connectivity index (χ1n) is 9.18. The fourth-order valence-corrected chi connectivity index (χ4v) is 3.07. The number of aromatic hydroxyl groups is 1. The number of para-hydroxylation sites is 1. The van der Waals surface area contributed by atoms with Crippen LogP contribution in [0.5, 0.6) is 5.75 Å². The predicted molar refractivity (Wildman–Crippen MR) is 109 cm³/mol. The minimum absolute atomic E-state index is 0.0173. The van der Waals surface area contributed by atoms with E-state index in [0.29, 0.717) is 5.75 Å². The van der Waals surface area contributed by atoms with Gasteiger partial charge in [-0.1, -0.05) is 72.7 Å². The fourth-order valence-electron chi connectivity index (χ4n) is 3.07. The largest absolute Gasteiger partial charge is 0.505 e. The zero-order valence-electron chi connectivity index (χ0n) is 17.0. The highest BCUT2D eigenvalue weighted by Crippen LogP contribution is 2.42. The predicted octanol–water partition coefficient (Wildman–Crippen LogP) is 6.60. The zero-order chi connectivity index (χ0) is 19.0. The molecule has 0 aromatic heterocycles. The normalized spacial score (nSPS) is 12.3. The molecule has 0 heterocycles. The molecule has 0 spiro atoms. The Morgan fingerprint density at radius 3 is 2.12 bits per heavy atom. The first kappa shape index (κ1) is 19.4. The van der Waals surface area contributed by atoms with Crippen molar-refractivity contribution in [3.8, 4) is 5.75 Å². The molecule has 0 aliphatic carbocycles. The number of nitrogens with one attached hydrogen (secondary N) is 1. The summed E-state index contributed by atoms with van der Waals surface area (Å²) in [6.45, 7) is 17.3. The van der Waals surface area contributed by atoms with E-state index in [9.17, 15) is 5.11 Å². The summed E-state index contributed by atoms with van der Waals surface area (Å²) in [4.78, 5) is 0. The highest BCUT2D eigenvalue weighted by atomic mass is 16.3. The Morgan fingerprint density at radius 2 is 1.60 bits per heavy atom. The van der Waals surface area contributed by atoms with Crippen LogP contribution in [0.4, 0.5) is 11.4 Å². The third-order valence-electron chi connectivity index (χ3n) is 4.78. The van der Waals surface area contributed by atoms with Crippen molar-refractivity contribution < 1.29 is 5.11 Å². The molecule has 0 unspecified atom stereocenters. The van der Waals surface area contributed by atoms with E-state index in [2.05, 4.69) is 91.0 Å². The van der Waals surface area contributed by atoms with Crippen LogP contribution in [0.3, 0.4) is 0 Å². The molecule has 2 aromatic rings. The van der Waals surface area contributed by atoms with Gasteiger partial charge in [-0.25, -0.2) is 0 Å². The van der Waals surface area contributed by atoms with Crippen molar-refractivity contribution in [1.82, 2.24) is 0 Å². The second-order valence-electron chi connectivity index (χ2n) is 9.01. The van der Waals surface area contributed by atoms with Gasteiger partial charge in [-0.3, -0.25) is 0 Å². The average molecular weight is 340 g/mol. The summed E-state index contributed by atoms with van der Waals surface area (Å²) < 4.78 is 0. The molecule has 2 N–H and O–H groups in total. The molecule has 0 amide bonds. The molecule has 2 rings (SSSR count). The van der Waals surface area contributed by atoms with Gasteiger partial charge in [0.1, 0.15) is 5.75 Å². The number of phenols is 1. The molecule has 0 atom stereocenters. The van der Waals surface area contributed by atoms with E-state index in [-0.39, 0.29) is 10.8 Å². The Balaban J connectivity index is 2.66. The maximum Gasteiger partial charge on any atom is 0.142 e. The molecular formula is C23H33NO. The van der Waals surface area contributed by atoms with Gasteiger partial charge >= 0.3 is 0 Å². The highest BCUT2D eigenvalue weighted by molar-refractivity contribution is 5.73. The molecule has 0 fully saturated rings. The van der Waals surface area contributed by atoms with Gasteiger partial charge in [-0.05, 0) is 46.9 Å². The molecule has 0 aliphatic heterocycles. The van der Waals surface area contributed by atoms with Gasteiger partial charge in [-0.15, -0.1) is 0 Å². The summed E-state index contributed by atoms with van der Waals surface area (Å²) in [5.41, 5.74) is 6.45. The molecule has 0 saturated carbocycles. The van der Waals surface area contributed by atoms with Crippen molar-refractivity contribution in [2.24, 2.45) is 0 Å². The van der Waals surface area contributed by atoms with E-state index in [0.717, 1.165) is 23.4 Å². The maximum absolute atomic E-state index is 11.0. The Labute approximate surface area is 153 Å². The highest BCUT2D eigenvalue weighted by Gasteiger charge is 2.25. The van der Waals surface area contributed by atoms with Gasteiger partial charge in [0, 0.05) is 11.3 Å². The molecule has 136 valence electrons. The lowest BCUT2D eigenvalue weighted by Gasteiger charge is -2.28. The summed E-state index contributed by atoms with van der Waals surface area (Å²) in [5, 5.41) is 14.5. The first-order valence-corrected chi connectivity index (χ1v) is 9.18. The number of hydrogen-bond donors (Lipinski definition) is 2. The number of phenolic OH excluding ortho intramolecular Hbond substituents is 1. The van der Waals surface area contributed by atoms with Crippen LogP contribution in [-0.2, 0) is 17.3 Å². The maximum atomic E-state index is 11.0. The number of hydrogen-bond acceptors (Lipinski definition) is 2. The summed E-state index contributed by atoms with van der Waals surface area (Å²) in [6, 6.07) is 10.6. The van der Waals surface area contributed by atoms with E-state index in [4.69, 9.17) is 0 Å². The molecule has 2 nitrogen and oxygen atoms in total. The quantitative estimate of drug-likeness (QED) is 0.617. The lowest BCUT2D eigenvalue weighted by molar-refractivity contribution is 0.447. The molecular weight excluding hydrogens is 306 g/mol. The smallest absolute Gasteiger partial charge is 0.142 e. The van der Waals surface area contributed by atoms with Crippen LogP contribution in [0, 0.1) is 6.92 Å². The summed E-state index contributed by atoms with van der Waals surface area (Å²) in [6.07, 6.45) is 0.954. The zero-order valence-corrected chi connectivity index (χ0v) is 17.0. The van der Waals surface area contributed by atoms with Crippen LogP contribution in [0.25, 0.3) is 0 Å². The minimum Gasteiger partial charge on any atom is -0.505 e. The Bertz CT molecular complexity index is 761. The third-order valence-corrected chi connectivity index (χ3v) is 4.78. The molecule has 2 heteroatoms. The average Bonchev–Trinajstić information content (AvgIpc) is 2.48. The first-order chi connectivity index (χ1) is 11.4. The van der Waals surface area contributed by atoms with Crippen molar-refractivity contribution in [2.75, 3.05) is 5.32 Å². The van der Waals surface area contributed by atoms with E-state index in [1.165, 1.54) is 16.7 Å². The third kappa shape index (κ3) is 4.18. The minimum atomic E-state index is -0.124. The Hall–Kier alpha value is -1.96. The molecule has 0 bridgehead atoms. The van der Waals surface area contributed by atoms with Crippen LogP contribution in [0.15, 0.2) is 30.3 Å². The Morgan fingerprint density at radius 1 is 0.960 bits per heavy atom. The number of aryl methyl sites for hydroxylation is 2. The van der Waals surface area contributed by atoms with Gasteiger partial charge in [0.25, 0.3) is 0 Å². The van der Waals surface area contributed by atoms with Gasteiger partial charge in [0.05, 0.1) is 5.69 Å². The number of anilines is 2. The molecule has 0 saturated heterocycles. The van der Waals surface area contributed by atoms with Gasteiger partial charge < -0.3 is 10.4 Å². The van der Waals surface area contributed by atoms with Crippen LogP contribution in [0.1, 0.15) is 70.7 Å². The van der Waals surface area contributed by atoms with Crippen molar-refractivity contribution in [2.45, 2.75) is 72.6 Å². The Kier molecular flexibility index (Phi) is 5.22. The number of rotatable bonds is 3. The standard InChI is InChI=1S/C23H33NO/c1-9-16-12-10-11-15(2)20(16)24-19-14-17(22(3,4)5)13-18(21(19)25)23(6,7)8/h10-14,24-25H,9H2,1-8H3. The van der Waals surface area contributed by atoms with E-state index < -0.39 is 0 Å². The van der Waals surface area contributed by atoms with Gasteiger partial charge in [0.2, 0.25) is 0 Å². The van der Waals surface area contributed by atoms with E-state index >= 15 is 0 Å². The van der Waals surface area contributed by atoms with Crippen LogP contribution >= 0.6 is 0 Å². The molecule has 25 heavy (non-hydrogen) atoms. The van der Waals surface area contributed by atoms with Gasteiger partial charge in [-0.2, -0.15) is 0 Å². The van der Waals surface area contributed by atoms with Crippen molar-refractivity contribution in [3.05, 3.63) is 52.6 Å². The SMILES string of the molecule is CCc1cccc(C)c1Nc1cc(C(C)(C)C)cc(C(C)(C)C)c1O. The summed E-state index contributed by atoms with van der Waals surface area (Å²) in [7, 11) is 0. The number of benzene rings is 2. The van der Waals surface area contributed by atoms with Crippen LogP contribution in [0.2, 0.25) is 0 Å². The molecule has 0 aliphatic rings.